The molecule has 0 N–H and O–H groups in total. The highest BCUT2D eigenvalue weighted by molar-refractivity contribution is 5.68. The summed E-state index contributed by atoms with van der Waals surface area (Å²) in [4.78, 5) is 16.2. The number of rotatable bonds is 4. The lowest BCUT2D eigenvalue weighted by Gasteiger charge is -2.35. The minimum Gasteiger partial charge on any atom is -0.493 e. The number of piperazine rings is 1. The van der Waals surface area contributed by atoms with Gasteiger partial charge in [0.1, 0.15) is 5.60 Å². The summed E-state index contributed by atoms with van der Waals surface area (Å²) in [6, 6.07) is 5.96. The first-order chi connectivity index (χ1) is 11.3. The second kappa shape index (κ2) is 7.75. The molecule has 1 aliphatic heterocycles. The van der Waals surface area contributed by atoms with Crippen molar-refractivity contribution in [3.63, 3.8) is 0 Å². The lowest BCUT2D eigenvalue weighted by molar-refractivity contribution is 0.0139. The lowest BCUT2D eigenvalue weighted by atomic mass is 10.1. The van der Waals surface area contributed by atoms with Gasteiger partial charge in [0.15, 0.2) is 11.5 Å². The summed E-state index contributed by atoms with van der Waals surface area (Å²) in [5.41, 5.74) is 0.715. The maximum atomic E-state index is 12.1. The van der Waals surface area contributed by atoms with Gasteiger partial charge in [-0.1, -0.05) is 6.07 Å². The Bertz CT molecular complexity index is 561. The number of ether oxygens (including phenoxy) is 3. The van der Waals surface area contributed by atoms with Crippen LogP contribution in [0, 0.1) is 0 Å². The minimum absolute atomic E-state index is 0.228. The van der Waals surface area contributed by atoms with Crippen molar-refractivity contribution in [2.75, 3.05) is 40.4 Å². The van der Waals surface area contributed by atoms with E-state index < -0.39 is 5.60 Å². The van der Waals surface area contributed by atoms with Gasteiger partial charge in [-0.15, -0.1) is 0 Å². The van der Waals surface area contributed by atoms with E-state index in [0.717, 1.165) is 31.1 Å². The van der Waals surface area contributed by atoms with Gasteiger partial charge >= 0.3 is 6.09 Å². The van der Waals surface area contributed by atoms with E-state index in [1.165, 1.54) is 5.56 Å². The third kappa shape index (κ3) is 5.03. The van der Waals surface area contributed by atoms with Gasteiger partial charge < -0.3 is 19.1 Å². The molecule has 1 aliphatic rings. The molecule has 0 radical (unpaired) electrons. The van der Waals surface area contributed by atoms with Crippen LogP contribution in [0.4, 0.5) is 4.79 Å². The van der Waals surface area contributed by atoms with E-state index in [9.17, 15) is 4.79 Å². The van der Waals surface area contributed by atoms with Gasteiger partial charge in [-0.05, 0) is 38.5 Å². The highest BCUT2D eigenvalue weighted by Gasteiger charge is 2.25. The van der Waals surface area contributed by atoms with Crippen molar-refractivity contribution in [1.82, 2.24) is 9.80 Å². The van der Waals surface area contributed by atoms with E-state index in [2.05, 4.69) is 4.90 Å². The summed E-state index contributed by atoms with van der Waals surface area (Å²) in [6.07, 6.45) is -0.228. The molecular weight excluding hydrogens is 308 g/mol. The van der Waals surface area contributed by atoms with E-state index >= 15 is 0 Å². The molecule has 0 atom stereocenters. The predicted octanol–water partition coefficient (Wildman–Crippen LogP) is 2.76. The first-order valence-corrected chi connectivity index (χ1v) is 8.23. The molecule has 6 heteroatoms. The Morgan fingerprint density at radius 2 is 1.67 bits per heavy atom. The van der Waals surface area contributed by atoms with Crippen LogP contribution in [0.1, 0.15) is 26.3 Å². The number of methoxy groups -OCH3 is 2. The summed E-state index contributed by atoms with van der Waals surface area (Å²) in [5, 5.41) is 0. The molecule has 0 aliphatic carbocycles. The SMILES string of the molecule is COc1ccc(CN2CCN(C(=O)OC(C)(C)C)CC2)cc1OC. The standard InChI is InChI=1S/C18H28N2O4/c1-18(2,3)24-17(21)20-10-8-19(9-11-20)13-14-6-7-15(22-4)16(12-14)23-5/h6-7,12H,8-11,13H2,1-5H3. The molecule has 1 saturated heterocycles. The van der Waals surface area contributed by atoms with Crippen molar-refractivity contribution in [3.8, 4) is 11.5 Å². The van der Waals surface area contributed by atoms with Crippen molar-refractivity contribution >= 4 is 6.09 Å². The third-order valence-electron chi connectivity index (χ3n) is 3.88. The van der Waals surface area contributed by atoms with Crippen molar-refractivity contribution in [3.05, 3.63) is 23.8 Å². The van der Waals surface area contributed by atoms with Gasteiger partial charge in [0.05, 0.1) is 14.2 Å². The van der Waals surface area contributed by atoms with Gasteiger partial charge in [-0.25, -0.2) is 4.79 Å². The van der Waals surface area contributed by atoms with E-state index in [1.54, 1.807) is 19.1 Å². The lowest BCUT2D eigenvalue weighted by Crippen LogP contribution is -2.49. The summed E-state index contributed by atoms with van der Waals surface area (Å²) >= 11 is 0. The maximum absolute atomic E-state index is 12.1. The first kappa shape index (κ1) is 18.4. The Balaban J connectivity index is 1.88. The fraction of sp³-hybridized carbons (Fsp3) is 0.611. The van der Waals surface area contributed by atoms with Crippen LogP contribution in [0.15, 0.2) is 18.2 Å². The third-order valence-corrected chi connectivity index (χ3v) is 3.88. The van der Waals surface area contributed by atoms with Crippen molar-refractivity contribution in [2.45, 2.75) is 32.9 Å². The number of hydrogen-bond donors (Lipinski definition) is 0. The fourth-order valence-electron chi connectivity index (χ4n) is 2.65. The number of benzene rings is 1. The quantitative estimate of drug-likeness (QED) is 0.846. The highest BCUT2D eigenvalue weighted by atomic mass is 16.6. The van der Waals surface area contributed by atoms with E-state index in [0.29, 0.717) is 13.1 Å². The van der Waals surface area contributed by atoms with Gasteiger partial charge in [-0.2, -0.15) is 0 Å². The molecule has 0 spiro atoms. The number of hydrogen-bond acceptors (Lipinski definition) is 5. The summed E-state index contributed by atoms with van der Waals surface area (Å²) in [7, 11) is 3.27. The summed E-state index contributed by atoms with van der Waals surface area (Å²) in [5.74, 6) is 1.47. The Morgan fingerprint density at radius 3 is 2.21 bits per heavy atom. The van der Waals surface area contributed by atoms with Crippen LogP contribution in [0.2, 0.25) is 0 Å². The molecule has 1 fully saturated rings. The van der Waals surface area contributed by atoms with Gasteiger partial charge in [-0.3, -0.25) is 4.90 Å². The monoisotopic (exact) mass is 336 g/mol. The zero-order valence-corrected chi connectivity index (χ0v) is 15.3. The number of carbonyl (C=O) groups excluding carboxylic acids is 1. The van der Waals surface area contributed by atoms with Gasteiger partial charge in [0.25, 0.3) is 0 Å². The Morgan fingerprint density at radius 1 is 1.04 bits per heavy atom. The number of amides is 1. The molecule has 134 valence electrons. The molecule has 0 aromatic heterocycles. The Labute approximate surface area is 144 Å². The molecule has 2 rings (SSSR count). The zero-order valence-electron chi connectivity index (χ0n) is 15.3. The molecule has 24 heavy (non-hydrogen) atoms. The second-order valence-electron chi connectivity index (χ2n) is 6.93. The first-order valence-electron chi connectivity index (χ1n) is 8.23. The van der Waals surface area contributed by atoms with Crippen LogP contribution >= 0.6 is 0 Å². The highest BCUT2D eigenvalue weighted by Crippen LogP contribution is 2.28. The van der Waals surface area contributed by atoms with Crippen LogP contribution in [-0.2, 0) is 11.3 Å². The number of nitrogens with zero attached hydrogens (tertiary/aromatic N) is 2. The van der Waals surface area contributed by atoms with E-state index in [1.807, 2.05) is 39.0 Å². The van der Waals surface area contributed by atoms with Crippen LogP contribution in [0.25, 0.3) is 0 Å². The van der Waals surface area contributed by atoms with Gasteiger partial charge in [0.2, 0.25) is 0 Å². The molecule has 0 unspecified atom stereocenters. The van der Waals surface area contributed by atoms with Crippen LogP contribution in [0.3, 0.4) is 0 Å². The molecule has 1 heterocycles. The van der Waals surface area contributed by atoms with E-state index in [4.69, 9.17) is 14.2 Å². The summed E-state index contributed by atoms with van der Waals surface area (Å²) in [6.45, 7) is 9.50. The normalized spacial score (nSPS) is 16.0. The average Bonchev–Trinajstić information content (AvgIpc) is 2.53. The van der Waals surface area contributed by atoms with Crippen molar-refractivity contribution in [2.24, 2.45) is 0 Å². The van der Waals surface area contributed by atoms with Crippen LogP contribution < -0.4 is 9.47 Å². The number of carbonyl (C=O) groups is 1. The summed E-state index contributed by atoms with van der Waals surface area (Å²) < 4.78 is 16.0. The van der Waals surface area contributed by atoms with Crippen LogP contribution in [0.5, 0.6) is 11.5 Å². The molecule has 0 bridgehead atoms. The fourth-order valence-corrected chi connectivity index (χ4v) is 2.65. The van der Waals surface area contributed by atoms with Crippen molar-refractivity contribution < 1.29 is 19.0 Å². The molecule has 1 aromatic rings. The van der Waals surface area contributed by atoms with Crippen molar-refractivity contribution in [1.29, 1.82) is 0 Å². The van der Waals surface area contributed by atoms with E-state index in [-0.39, 0.29) is 6.09 Å². The van der Waals surface area contributed by atoms with Gasteiger partial charge in [0, 0.05) is 32.7 Å². The average molecular weight is 336 g/mol. The maximum Gasteiger partial charge on any atom is 0.410 e. The smallest absolute Gasteiger partial charge is 0.410 e. The molecule has 0 saturated carbocycles. The Hall–Kier alpha value is -1.95. The molecule has 1 amide bonds. The minimum atomic E-state index is -0.451. The predicted molar refractivity (Wildman–Crippen MR) is 92.6 cm³/mol. The Kier molecular flexibility index (Phi) is 5.94. The second-order valence-corrected chi connectivity index (χ2v) is 6.93. The largest absolute Gasteiger partial charge is 0.493 e. The zero-order chi connectivity index (χ0) is 17.7. The molecule has 1 aromatic carbocycles. The molecule has 6 nitrogen and oxygen atoms in total. The van der Waals surface area contributed by atoms with Crippen LogP contribution in [-0.4, -0.2) is 61.9 Å². The topological polar surface area (TPSA) is 51.2 Å². The molecular formula is C18H28N2O4.